The molecule has 0 spiro atoms. The summed E-state index contributed by atoms with van der Waals surface area (Å²) in [6.45, 7) is 0. The lowest BCUT2D eigenvalue weighted by molar-refractivity contribution is 0.669. The number of amidine groups is 2. The Hall–Kier alpha value is -6.00. The fourth-order valence-corrected chi connectivity index (χ4v) is 8.18. The van der Waals surface area contributed by atoms with Crippen molar-refractivity contribution in [3.8, 4) is 11.1 Å². The smallest absolute Gasteiger partial charge is 0.156 e. The minimum atomic E-state index is -0.228. The molecule has 0 amide bonds. The van der Waals surface area contributed by atoms with Crippen LogP contribution in [-0.2, 0) is 0 Å². The zero-order valence-corrected chi connectivity index (χ0v) is 26.2. The highest BCUT2D eigenvalue weighted by Gasteiger charge is 2.39. The van der Waals surface area contributed by atoms with Gasteiger partial charge in [0, 0.05) is 28.7 Å². The van der Waals surface area contributed by atoms with Crippen molar-refractivity contribution < 1.29 is 0 Å². The Morgan fingerprint density at radius 2 is 1.38 bits per heavy atom. The van der Waals surface area contributed by atoms with Crippen molar-refractivity contribution in [1.29, 1.82) is 0 Å². The topological polar surface area (TPSA) is 48.8 Å². The number of hydrogen-bond acceptors (Lipinski definition) is 4. The highest BCUT2D eigenvalue weighted by Crippen LogP contribution is 2.52. The van der Waals surface area contributed by atoms with Gasteiger partial charge in [-0.3, -0.25) is 0 Å². The normalized spacial score (nSPS) is 21.5. The molecule has 2 aliphatic carbocycles. The first-order chi connectivity index (χ1) is 23.8. The van der Waals surface area contributed by atoms with E-state index in [9.17, 15) is 0 Å². The molecule has 0 fully saturated rings. The zero-order chi connectivity index (χ0) is 31.6. The van der Waals surface area contributed by atoms with Gasteiger partial charge in [-0.2, -0.15) is 0 Å². The Labute approximate surface area is 279 Å². The van der Waals surface area contributed by atoms with Gasteiger partial charge in [0.1, 0.15) is 12.0 Å². The fraction of sp³-hybridized carbons (Fsp3) is 0.0909. The number of hydrogen-bond donors (Lipinski definition) is 2. The predicted molar refractivity (Wildman–Crippen MR) is 197 cm³/mol. The van der Waals surface area contributed by atoms with Gasteiger partial charge in [-0.1, -0.05) is 152 Å². The summed E-state index contributed by atoms with van der Waals surface area (Å²) in [7, 11) is 0. The third-order valence-electron chi connectivity index (χ3n) is 10.3. The number of nitrogens with zero attached hydrogens (tertiary/aromatic N) is 2. The first kappa shape index (κ1) is 27.1. The molecule has 0 saturated heterocycles. The van der Waals surface area contributed by atoms with Gasteiger partial charge in [0.2, 0.25) is 0 Å². The molecule has 4 unspecified atom stereocenters. The number of aliphatic imine (C=N–C) groups is 2. The van der Waals surface area contributed by atoms with Crippen molar-refractivity contribution in [3.63, 3.8) is 0 Å². The molecule has 4 heteroatoms. The van der Waals surface area contributed by atoms with Gasteiger partial charge in [0.05, 0.1) is 6.04 Å². The number of anilines is 1. The van der Waals surface area contributed by atoms with Crippen molar-refractivity contribution in [3.05, 3.63) is 197 Å². The maximum atomic E-state index is 5.23. The quantitative estimate of drug-likeness (QED) is 0.207. The molecule has 10 rings (SSSR count). The van der Waals surface area contributed by atoms with Crippen LogP contribution in [0.25, 0.3) is 21.9 Å². The third-order valence-corrected chi connectivity index (χ3v) is 10.3. The van der Waals surface area contributed by atoms with Crippen molar-refractivity contribution in [2.45, 2.75) is 24.0 Å². The minimum absolute atomic E-state index is 0.111. The van der Waals surface area contributed by atoms with Gasteiger partial charge < -0.3 is 10.6 Å². The molecular formula is C44H32N4. The Kier molecular flexibility index (Phi) is 6.10. The SMILES string of the molecule is C1=CC2Nc3cc(C4c5ccccc5-c5c4ccc4ccccc54)ccc3C2C(C2=NC(c3ccccc3)NC(c3ccccc3)=N2)=C1. The van der Waals surface area contributed by atoms with E-state index in [4.69, 9.17) is 9.98 Å². The van der Waals surface area contributed by atoms with Crippen LogP contribution in [0.15, 0.2) is 173 Å². The first-order valence-electron chi connectivity index (χ1n) is 16.7. The molecule has 0 aromatic heterocycles. The second-order valence-corrected chi connectivity index (χ2v) is 13.0. The summed E-state index contributed by atoms with van der Waals surface area (Å²) >= 11 is 0. The van der Waals surface area contributed by atoms with Crippen LogP contribution in [0.1, 0.15) is 51.4 Å². The van der Waals surface area contributed by atoms with Crippen molar-refractivity contribution in [1.82, 2.24) is 5.32 Å². The van der Waals surface area contributed by atoms with Crippen LogP contribution in [0.4, 0.5) is 5.69 Å². The maximum absolute atomic E-state index is 5.23. The summed E-state index contributed by atoms with van der Waals surface area (Å²) in [6, 6.07) is 50.3. The second kappa shape index (κ2) is 10.8. The monoisotopic (exact) mass is 616 g/mol. The Morgan fingerprint density at radius 1 is 0.604 bits per heavy atom. The molecule has 4 aliphatic rings. The van der Waals surface area contributed by atoms with Gasteiger partial charge in [-0.05, 0) is 55.8 Å². The molecule has 0 radical (unpaired) electrons. The number of allylic oxidation sites excluding steroid dienone is 2. The average Bonchev–Trinajstić information content (AvgIpc) is 3.71. The molecule has 0 bridgehead atoms. The minimum Gasteiger partial charge on any atom is -0.378 e. The molecule has 2 heterocycles. The zero-order valence-electron chi connectivity index (χ0n) is 26.2. The van der Waals surface area contributed by atoms with Crippen LogP contribution in [-0.4, -0.2) is 17.7 Å². The van der Waals surface area contributed by atoms with Crippen LogP contribution in [0.5, 0.6) is 0 Å². The largest absolute Gasteiger partial charge is 0.378 e. The molecule has 0 saturated carbocycles. The number of rotatable bonds is 4. The Balaban J connectivity index is 1.06. The highest BCUT2D eigenvalue weighted by molar-refractivity contribution is 6.14. The number of nitrogens with one attached hydrogen (secondary N) is 2. The second-order valence-electron chi connectivity index (χ2n) is 13.0. The number of fused-ring (bicyclic) bond motifs is 8. The first-order valence-corrected chi connectivity index (χ1v) is 16.7. The lowest BCUT2D eigenvalue weighted by Gasteiger charge is -2.28. The van der Waals surface area contributed by atoms with E-state index >= 15 is 0 Å². The Morgan fingerprint density at radius 3 is 2.27 bits per heavy atom. The molecule has 2 N–H and O–H groups in total. The summed E-state index contributed by atoms with van der Waals surface area (Å²) < 4.78 is 0. The van der Waals surface area contributed by atoms with E-state index in [-0.39, 0.29) is 24.0 Å². The van der Waals surface area contributed by atoms with Crippen molar-refractivity contribution in [2.24, 2.45) is 9.98 Å². The van der Waals surface area contributed by atoms with Crippen LogP contribution >= 0.6 is 0 Å². The molecule has 4 atom stereocenters. The van der Waals surface area contributed by atoms with Crippen molar-refractivity contribution in [2.75, 3.05) is 5.32 Å². The summed E-state index contributed by atoms with van der Waals surface area (Å²) in [5.74, 6) is 1.92. The fourth-order valence-electron chi connectivity index (χ4n) is 8.18. The van der Waals surface area contributed by atoms with Gasteiger partial charge >= 0.3 is 0 Å². The standard InChI is InChI=1S/C44H32N4/c1-3-13-28(14-4-1)42-46-43(29-15-5-2-6-16-29)48-44(47-42)36-20-11-21-37-41(36)34-24-23-30(26-38(34)45-37)39-32-18-9-10-19-33(32)40-31-17-8-7-12-27(31)22-25-35(39)40/h1-26,37,39,41-42,45H,(H,46,47,48). The molecule has 48 heavy (non-hydrogen) atoms. The maximum Gasteiger partial charge on any atom is 0.156 e. The molecule has 4 nitrogen and oxygen atoms in total. The van der Waals surface area contributed by atoms with Gasteiger partial charge in [0.25, 0.3) is 0 Å². The average molecular weight is 617 g/mol. The van der Waals surface area contributed by atoms with E-state index in [1.165, 1.54) is 49.8 Å². The summed E-state index contributed by atoms with van der Waals surface area (Å²) in [5, 5.41) is 10.1. The summed E-state index contributed by atoms with van der Waals surface area (Å²) in [6.07, 6.45) is 6.41. The van der Waals surface area contributed by atoms with Crippen LogP contribution in [0.3, 0.4) is 0 Å². The van der Waals surface area contributed by atoms with Crippen LogP contribution < -0.4 is 10.6 Å². The van der Waals surface area contributed by atoms with Gasteiger partial charge in [-0.25, -0.2) is 9.98 Å². The lowest BCUT2D eigenvalue weighted by Crippen LogP contribution is -2.35. The van der Waals surface area contributed by atoms with Gasteiger partial charge in [0.15, 0.2) is 5.84 Å². The molecule has 228 valence electrons. The predicted octanol–water partition coefficient (Wildman–Crippen LogP) is 9.52. The van der Waals surface area contributed by atoms with E-state index in [2.05, 4.69) is 156 Å². The highest BCUT2D eigenvalue weighted by atomic mass is 15.2. The van der Waals surface area contributed by atoms with Crippen LogP contribution in [0, 0.1) is 0 Å². The molecular weight excluding hydrogens is 585 g/mol. The lowest BCUT2D eigenvalue weighted by atomic mass is 9.82. The molecule has 6 aromatic carbocycles. The van der Waals surface area contributed by atoms with E-state index in [1.807, 2.05) is 12.1 Å². The Bertz CT molecular complexity index is 2370. The van der Waals surface area contributed by atoms with Crippen LogP contribution in [0.2, 0.25) is 0 Å². The third kappa shape index (κ3) is 4.22. The van der Waals surface area contributed by atoms with E-state index in [0.717, 1.165) is 28.4 Å². The number of benzene rings is 6. The summed E-state index contributed by atoms with van der Waals surface area (Å²) in [5.41, 5.74) is 12.6. The molecule has 6 aromatic rings. The van der Waals surface area contributed by atoms with E-state index in [0.29, 0.717) is 0 Å². The van der Waals surface area contributed by atoms with E-state index in [1.54, 1.807) is 0 Å². The molecule has 2 aliphatic heterocycles. The van der Waals surface area contributed by atoms with Crippen molar-refractivity contribution >= 4 is 28.1 Å². The van der Waals surface area contributed by atoms with E-state index < -0.39 is 0 Å². The van der Waals surface area contributed by atoms with Gasteiger partial charge in [-0.15, -0.1) is 0 Å². The summed E-state index contributed by atoms with van der Waals surface area (Å²) in [4.78, 5) is 10.4.